The summed E-state index contributed by atoms with van der Waals surface area (Å²) in [4.78, 5) is 0. The lowest BCUT2D eigenvalue weighted by molar-refractivity contribution is 0.207. The summed E-state index contributed by atoms with van der Waals surface area (Å²) in [6, 6.07) is 0. The molecular weight excluding hydrogens is 180 g/mol. The van der Waals surface area contributed by atoms with Gasteiger partial charge in [-0.25, -0.2) is 0 Å². The molecule has 2 aliphatic carbocycles. The van der Waals surface area contributed by atoms with Gasteiger partial charge >= 0.3 is 0 Å². The lowest BCUT2D eigenvalue weighted by Crippen LogP contribution is -2.31. The number of hydrogen-bond acceptors (Lipinski definition) is 0. The summed E-state index contributed by atoms with van der Waals surface area (Å²) < 4.78 is 0. The molecule has 0 bridgehead atoms. The van der Waals surface area contributed by atoms with Gasteiger partial charge in [0, 0.05) is 5.41 Å². The minimum Gasteiger partial charge on any atom is -0.0990 e. The minimum absolute atomic E-state index is 0.354. The summed E-state index contributed by atoms with van der Waals surface area (Å²) in [5, 5.41) is 0. The zero-order valence-electron chi connectivity index (χ0n) is 10.3. The van der Waals surface area contributed by atoms with Gasteiger partial charge in [-0.05, 0) is 50.4 Å². The van der Waals surface area contributed by atoms with E-state index in [4.69, 9.17) is 0 Å². The van der Waals surface area contributed by atoms with Crippen LogP contribution in [0.3, 0.4) is 0 Å². The molecule has 1 spiro atoms. The van der Waals surface area contributed by atoms with Gasteiger partial charge in [0.15, 0.2) is 0 Å². The van der Waals surface area contributed by atoms with E-state index in [0.29, 0.717) is 5.41 Å². The molecule has 0 aromatic heterocycles. The maximum absolute atomic E-state index is 4.33. The average Bonchev–Trinajstić information content (AvgIpc) is 2.54. The van der Waals surface area contributed by atoms with Crippen LogP contribution in [-0.2, 0) is 0 Å². The highest BCUT2D eigenvalue weighted by Crippen LogP contribution is 2.56. The van der Waals surface area contributed by atoms with Crippen molar-refractivity contribution in [2.24, 2.45) is 17.3 Å². The van der Waals surface area contributed by atoms with E-state index in [-0.39, 0.29) is 0 Å². The van der Waals surface area contributed by atoms with Gasteiger partial charge in [-0.3, -0.25) is 0 Å². The monoisotopic (exact) mass is 204 g/mol. The number of rotatable bonds is 1. The average molecular weight is 204 g/mol. The Kier molecular flexibility index (Phi) is 2.79. The normalized spacial score (nSPS) is 36.9. The van der Waals surface area contributed by atoms with E-state index < -0.39 is 0 Å². The van der Waals surface area contributed by atoms with Crippen molar-refractivity contribution in [3.8, 4) is 0 Å². The second-order valence-corrected chi connectivity index (χ2v) is 5.89. The minimum atomic E-state index is 0.354. The molecule has 0 radical (unpaired) electrons. The van der Waals surface area contributed by atoms with E-state index in [2.05, 4.69) is 27.0 Å². The molecule has 0 aromatic rings. The summed E-state index contributed by atoms with van der Waals surface area (Å²) in [7, 11) is 0. The topological polar surface area (TPSA) is 0 Å². The lowest BCUT2D eigenvalue weighted by atomic mass is 9.62. The molecule has 84 valence electrons. The van der Waals surface area contributed by atoms with E-state index >= 15 is 0 Å². The van der Waals surface area contributed by atoms with Crippen LogP contribution in [0.25, 0.3) is 0 Å². The Hall–Kier alpha value is -0.520. The smallest absolute Gasteiger partial charge is 0.0118 e. The van der Waals surface area contributed by atoms with Gasteiger partial charge < -0.3 is 0 Å². The van der Waals surface area contributed by atoms with Crippen LogP contribution in [0.15, 0.2) is 24.3 Å². The Morgan fingerprint density at radius 2 is 1.87 bits per heavy atom. The molecule has 0 aromatic carbocycles. The molecule has 0 unspecified atom stereocenters. The van der Waals surface area contributed by atoms with Crippen LogP contribution < -0.4 is 0 Å². The molecule has 2 aliphatic rings. The predicted molar refractivity (Wildman–Crippen MR) is 66.7 cm³/mol. The number of allylic oxidation sites excluding steroid dienone is 2. The van der Waals surface area contributed by atoms with Crippen LogP contribution in [0.2, 0.25) is 0 Å². The fraction of sp³-hybridized carbons (Fsp3) is 0.733. The summed E-state index contributed by atoms with van der Waals surface area (Å²) in [6.45, 7) is 13.4. The van der Waals surface area contributed by atoms with Crippen molar-refractivity contribution in [1.82, 2.24) is 0 Å². The zero-order valence-corrected chi connectivity index (χ0v) is 10.3. The molecule has 2 saturated carbocycles. The summed E-state index contributed by atoms with van der Waals surface area (Å²) in [5.41, 5.74) is 3.33. The van der Waals surface area contributed by atoms with Crippen LogP contribution >= 0.6 is 0 Å². The Labute approximate surface area is 94.5 Å². The van der Waals surface area contributed by atoms with Gasteiger partial charge in [-0.2, -0.15) is 0 Å². The quantitative estimate of drug-likeness (QED) is 0.542. The van der Waals surface area contributed by atoms with Gasteiger partial charge in [0.05, 0.1) is 0 Å². The summed E-state index contributed by atoms with van der Waals surface area (Å²) in [6.07, 6.45) is 7.83. The third kappa shape index (κ3) is 1.68. The summed E-state index contributed by atoms with van der Waals surface area (Å²) >= 11 is 0. The fourth-order valence-electron chi connectivity index (χ4n) is 3.55. The van der Waals surface area contributed by atoms with Gasteiger partial charge in [-0.15, -0.1) is 0 Å². The van der Waals surface area contributed by atoms with Crippen LogP contribution in [0.5, 0.6) is 0 Å². The molecule has 0 aliphatic heterocycles. The van der Waals surface area contributed by atoms with Crippen LogP contribution in [-0.4, -0.2) is 0 Å². The van der Waals surface area contributed by atoms with Gasteiger partial charge in [0.2, 0.25) is 0 Å². The molecule has 15 heavy (non-hydrogen) atoms. The second kappa shape index (κ2) is 3.81. The second-order valence-electron chi connectivity index (χ2n) is 5.89. The molecule has 2 rings (SSSR count). The first-order valence-corrected chi connectivity index (χ1v) is 6.43. The summed E-state index contributed by atoms with van der Waals surface area (Å²) in [5.74, 6) is 1.72. The Morgan fingerprint density at radius 1 is 1.20 bits per heavy atom. The Morgan fingerprint density at radius 3 is 2.40 bits per heavy atom. The van der Waals surface area contributed by atoms with Crippen LogP contribution in [0, 0.1) is 17.3 Å². The van der Waals surface area contributed by atoms with Crippen LogP contribution in [0.1, 0.15) is 52.4 Å². The van der Waals surface area contributed by atoms with E-state index in [0.717, 1.165) is 11.8 Å². The maximum atomic E-state index is 4.33. The van der Waals surface area contributed by atoms with E-state index in [1.807, 2.05) is 0 Å². The van der Waals surface area contributed by atoms with Crippen molar-refractivity contribution in [2.75, 3.05) is 0 Å². The van der Waals surface area contributed by atoms with Crippen molar-refractivity contribution in [2.45, 2.75) is 52.4 Å². The van der Waals surface area contributed by atoms with Crippen LogP contribution in [0.4, 0.5) is 0 Å². The van der Waals surface area contributed by atoms with Gasteiger partial charge in [0.1, 0.15) is 0 Å². The highest BCUT2D eigenvalue weighted by atomic mass is 14.5. The van der Waals surface area contributed by atoms with E-state index in [9.17, 15) is 0 Å². The first kappa shape index (κ1) is 11.0. The highest BCUT2D eigenvalue weighted by molar-refractivity contribution is 5.31. The first-order valence-electron chi connectivity index (χ1n) is 6.43. The SMILES string of the molecule is C=C1CCC[C@@]12C[C@H](C(C)C)CCC2=C. The van der Waals surface area contributed by atoms with Crippen molar-refractivity contribution >= 4 is 0 Å². The third-order valence-electron chi connectivity index (χ3n) is 4.81. The molecule has 2 fully saturated rings. The highest BCUT2D eigenvalue weighted by Gasteiger charge is 2.44. The molecule has 0 amide bonds. The Bertz CT molecular complexity index is 284. The Balaban J connectivity index is 2.22. The third-order valence-corrected chi connectivity index (χ3v) is 4.81. The van der Waals surface area contributed by atoms with Gasteiger partial charge in [-0.1, -0.05) is 38.2 Å². The maximum Gasteiger partial charge on any atom is 0.0118 e. The zero-order chi connectivity index (χ0) is 11.1. The van der Waals surface area contributed by atoms with E-state index in [1.165, 1.54) is 49.7 Å². The molecular formula is C15H24. The molecule has 0 nitrogen and oxygen atoms in total. The molecule has 0 heteroatoms. The fourth-order valence-corrected chi connectivity index (χ4v) is 3.55. The van der Waals surface area contributed by atoms with Crippen molar-refractivity contribution in [3.63, 3.8) is 0 Å². The first-order chi connectivity index (χ1) is 7.06. The largest absolute Gasteiger partial charge is 0.0990 e. The standard InChI is InChI=1S/C15H24/c1-11(2)14-8-7-13(4)15(10-14)9-5-6-12(15)3/h11,14H,3-10H2,1-2H3/t14-,15-/m1/s1. The lowest BCUT2D eigenvalue weighted by Gasteiger charge is -2.42. The predicted octanol–water partition coefficient (Wildman–Crippen LogP) is 4.73. The molecule has 0 saturated heterocycles. The van der Waals surface area contributed by atoms with Crippen molar-refractivity contribution in [3.05, 3.63) is 24.3 Å². The van der Waals surface area contributed by atoms with Crippen molar-refractivity contribution in [1.29, 1.82) is 0 Å². The molecule has 0 N–H and O–H groups in total. The van der Waals surface area contributed by atoms with Gasteiger partial charge in [0.25, 0.3) is 0 Å². The number of hydrogen-bond donors (Lipinski definition) is 0. The molecule has 2 atom stereocenters. The van der Waals surface area contributed by atoms with Crippen molar-refractivity contribution < 1.29 is 0 Å². The van der Waals surface area contributed by atoms with E-state index in [1.54, 1.807) is 0 Å². The molecule has 0 heterocycles.